The lowest BCUT2D eigenvalue weighted by Gasteiger charge is -2.24. The molecule has 0 bridgehead atoms. The molecule has 4 aromatic rings. The van der Waals surface area contributed by atoms with Gasteiger partial charge in [-0.2, -0.15) is 4.31 Å². The molecule has 0 atom stereocenters. The average molecular weight is 507 g/mol. The van der Waals surface area contributed by atoms with Crippen molar-refractivity contribution in [3.8, 4) is 17.2 Å². The van der Waals surface area contributed by atoms with Crippen LogP contribution in [0.1, 0.15) is 18.1 Å². The Kier molecular flexibility index (Phi) is 6.67. The van der Waals surface area contributed by atoms with Crippen molar-refractivity contribution < 1.29 is 22.6 Å². The zero-order chi connectivity index (χ0) is 25.1. The van der Waals surface area contributed by atoms with Crippen molar-refractivity contribution in [2.45, 2.75) is 24.9 Å². The predicted molar refractivity (Wildman–Crippen MR) is 136 cm³/mol. The van der Waals surface area contributed by atoms with Gasteiger partial charge in [-0.3, -0.25) is 4.79 Å². The van der Waals surface area contributed by atoms with E-state index in [0.717, 1.165) is 10.9 Å². The molecule has 36 heavy (non-hydrogen) atoms. The minimum absolute atomic E-state index is 0.0681. The predicted octanol–water partition coefficient (Wildman–Crippen LogP) is 4.09. The lowest BCUT2D eigenvalue weighted by molar-refractivity contribution is 0.171. The molecule has 5 rings (SSSR count). The normalized spacial score (nSPS) is 13.2. The Balaban J connectivity index is 1.55. The summed E-state index contributed by atoms with van der Waals surface area (Å²) >= 11 is 0. The molecule has 0 amide bonds. The summed E-state index contributed by atoms with van der Waals surface area (Å²) in [5.41, 5.74) is 1.43. The van der Waals surface area contributed by atoms with Crippen molar-refractivity contribution in [2.75, 3.05) is 19.8 Å². The molecule has 0 aliphatic carbocycles. The maximum atomic E-state index is 13.8. The van der Waals surface area contributed by atoms with E-state index in [1.165, 1.54) is 16.4 Å². The molecule has 0 spiro atoms. The van der Waals surface area contributed by atoms with Crippen LogP contribution in [0.2, 0.25) is 0 Å². The first-order valence-electron chi connectivity index (χ1n) is 11.7. The lowest BCUT2D eigenvalue weighted by Crippen LogP contribution is -2.32. The molecule has 0 saturated heterocycles. The van der Waals surface area contributed by atoms with Crippen LogP contribution in [-0.2, 0) is 23.1 Å². The number of pyridine rings is 1. The van der Waals surface area contributed by atoms with E-state index in [0.29, 0.717) is 48.1 Å². The maximum absolute atomic E-state index is 13.8. The van der Waals surface area contributed by atoms with Gasteiger partial charge in [-0.1, -0.05) is 30.3 Å². The van der Waals surface area contributed by atoms with E-state index < -0.39 is 10.0 Å². The second kappa shape index (κ2) is 10.0. The third-order valence-electron chi connectivity index (χ3n) is 5.90. The van der Waals surface area contributed by atoms with Gasteiger partial charge in [0, 0.05) is 35.6 Å². The van der Waals surface area contributed by atoms with Gasteiger partial charge >= 0.3 is 0 Å². The van der Waals surface area contributed by atoms with Crippen LogP contribution in [0.5, 0.6) is 17.2 Å². The van der Waals surface area contributed by atoms with E-state index >= 15 is 0 Å². The summed E-state index contributed by atoms with van der Waals surface area (Å²) in [6, 6.07) is 21.0. The summed E-state index contributed by atoms with van der Waals surface area (Å²) in [6.45, 7) is 3.15. The molecular formula is C27H26N2O6S. The number of rotatable bonds is 8. The number of ether oxygens (including phenoxy) is 3. The first-order valence-corrected chi connectivity index (χ1v) is 13.1. The molecule has 9 heteroatoms. The Bertz CT molecular complexity index is 1550. The quantitative estimate of drug-likeness (QED) is 0.387. The van der Waals surface area contributed by atoms with Crippen LogP contribution in [0.4, 0.5) is 0 Å². The number of fused-ring (bicyclic) bond motifs is 2. The smallest absolute Gasteiger partial charge is 0.252 e. The number of nitrogens with one attached hydrogen (secondary N) is 1. The Labute approximate surface area is 209 Å². The highest BCUT2D eigenvalue weighted by Crippen LogP contribution is 2.34. The van der Waals surface area contributed by atoms with Crippen LogP contribution in [0.3, 0.4) is 0 Å². The van der Waals surface area contributed by atoms with Gasteiger partial charge in [0.25, 0.3) is 5.56 Å². The molecule has 1 aromatic heterocycles. The van der Waals surface area contributed by atoms with Crippen LogP contribution in [0, 0.1) is 0 Å². The maximum Gasteiger partial charge on any atom is 0.252 e. The summed E-state index contributed by atoms with van der Waals surface area (Å²) < 4.78 is 45.7. The highest BCUT2D eigenvalue weighted by molar-refractivity contribution is 7.89. The minimum Gasteiger partial charge on any atom is -0.494 e. The Morgan fingerprint density at radius 2 is 1.69 bits per heavy atom. The van der Waals surface area contributed by atoms with E-state index in [1.54, 1.807) is 24.3 Å². The van der Waals surface area contributed by atoms with Crippen LogP contribution in [0.15, 0.2) is 82.5 Å². The zero-order valence-corrected chi connectivity index (χ0v) is 20.6. The summed E-state index contributed by atoms with van der Waals surface area (Å²) in [5.74, 6) is 1.56. The molecule has 0 saturated carbocycles. The van der Waals surface area contributed by atoms with Crippen molar-refractivity contribution in [1.82, 2.24) is 9.29 Å². The van der Waals surface area contributed by atoms with E-state index in [4.69, 9.17) is 14.2 Å². The van der Waals surface area contributed by atoms with Gasteiger partial charge < -0.3 is 19.2 Å². The second-order valence-corrected chi connectivity index (χ2v) is 10.3. The topological polar surface area (TPSA) is 97.9 Å². The number of aromatic amines is 1. The average Bonchev–Trinajstić information content (AvgIpc) is 2.89. The number of hydrogen-bond acceptors (Lipinski definition) is 6. The molecule has 3 aromatic carbocycles. The number of aromatic nitrogens is 1. The molecule has 8 nitrogen and oxygen atoms in total. The van der Waals surface area contributed by atoms with Crippen molar-refractivity contribution in [2.24, 2.45) is 0 Å². The summed E-state index contributed by atoms with van der Waals surface area (Å²) in [7, 11) is -4.00. The molecule has 2 heterocycles. The van der Waals surface area contributed by atoms with Crippen LogP contribution < -0.4 is 19.8 Å². The Morgan fingerprint density at radius 3 is 2.47 bits per heavy atom. The Hall–Kier alpha value is -3.82. The zero-order valence-electron chi connectivity index (χ0n) is 19.8. The monoisotopic (exact) mass is 506 g/mol. The lowest BCUT2D eigenvalue weighted by atomic mass is 10.1. The summed E-state index contributed by atoms with van der Waals surface area (Å²) in [4.78, 5) is 15.9. The number of hydrogen-bond donors (Lipinski definition) is 1. The summed E-state index contributed by atoms with van der Waals surface area (Å²) in [6.07, 6.45) is 0. The molecule has 0 fully saturated rings. The fourth-order valence-electron chi connectivity index (χ4n) is 4.14. The summed E-state index contributed by atoms with van der Waals surface area (Å²) in [5, 5.41) is 0.756. The van der Waals surface area contributed by atoms with Crippen molar-refractivity contribution in [3.05, 3.63) is 94.3 Å². The fourth-order valence-corrected chi connectivity index (χ4v) is 5.56. The Morgan fingerprint density at radius 1 is 0.917 bits per heavy atom. The molecule has 1 aliphatic rings. The van der Waals surface area contributed by atoms with Crippen LogP contribution in [-0.4, -0.2) is 37.5 Å². The second-order valence-electron chi connectivity index (χ2n) is 8.37. The van der Waals surface area contributed by atoms with Gasteiger partial charge in [0.05, 0.1) is 11.5 Å². The first-order chi connectivity index (χ1) is 17.4. The number of nitrogens with zero attached hydrogens (tertiary/aromatic N) is 1. The highest BCUT2D eigenvalue weighted by atomic mass is 32.2. The highest BCUT2D eigenvalue weighted by Gasteiger charge is 2.28. The van der Waals surface area contributed by atoms with Crippen LogP contribution in [0.25, 0.3) is 10.9 Å². The molecule has 0 unspecified atom stereocenters. The SMILES string of the molecule is CCOc1ccc2[nH]c(=O)c(CN(Cc3ccccc3)S(=O)(=O)c3ccc4c(c3)OCCO4)cc2c1. The van der Waals surface area contributed by atoms with Crippen molar-refractivity contribution in [1.29, 1.82) is 0 Å². The molecule has 186 valence electrons. The van der Waals surface area contributed by atoms with Gasteiger partial charge in [0.15, 0.2) is 11.5 Å². The van der Waals surface area contributed by atoms with E-state index in [9.17, 15) is 13.2 Å². The largest absolute Gasteiger partial charge is 0.494 e. The van der Waals surface area contributed by atoms with Gasteiger partial charge in [-0.25, -0.2) is 8.42 Å². The van der Waals surface area contributed by atoms with Gasteiger partial charge in [-0.15, -0.1) is 0 Å². The van der Waals surface area contributed by atoms with E-state index in [2.05, 4.69) is 4.98 Å². The number of sulfonamides is 1. The standard InChI is InChI=1S/C27H26N2O6S/c1-2-33-22-8-10-24-20(15-22)14-21(27(30)28-24)18-29(17-19-6-4-3-5-7-19)36(31,32)23-9-11-25-26(16-23)35-13-12-34-25/h3-11,14-16H,2,12-13,17-18H2,1H3,(H,28,30). The van der Waals surface area contributed by atoms with Crippen LogP contribution >= 0.6 is 0 Å². The van der Waals surface area contributed by atoms with Crippen molar-refractivity contribution in [3.63, 3.8) is 0 Å². The molecule has 0 radical (unpaired) electrons. The van der Waals surface area contributed by atoms with Gasteiger partial charge in [0.2, 0.25) is 10.0 Å². The third kappa shape index (κ3) is 4.93. The fraction of sp³-hybridized carbons (Fsp3) is 0.222. The van der Waals surface area contributed by atoms with E-state index in [1.807, 2.05) is 43.3 Å². The minimum atomic E-state index is -4.00. The number of benzene rings is 3. The van der Waals surface area contributed by atoms with E-state index in [-0.39, 0.29) is 23.5 Å². The number of H-pyrrole nitrogens is 1. The molecular weight excluding hydrogens is 480 g/mol. The first kappa shape index (κ1) is 23.9. The van der Waals surface area contributed by atoms with Gasteiger partial charge in [-0.05, 0) is 48.9 Å². The van der Waals surface area contributed by atoms with Gasteiger partial charge in [0.1, 0.15) is 19.0 Å². The molecule has 1 aliphatic heterocycles. The molecule has 1 N–H and O–H groups in total. The van der Waals surface area contributed by atoms with Crippen molar-refractivity contribution >= 4 is 20.9 Å². The third-order valence-corrected chi connectivity index (χ3v) is 7.69.